The number of hydrogen-bond donors (Lipinski definition) is 0. The van der Waals surface area contributed by atoms with Crippen molar-refractivity contribution in [2.45, 2.75) is 27.3 Å². The molecular weight excluding hydrogens is 312 g/mol. The number of morpholine rings is 1. The van der Waals surface area contributed by atoms with Gasteiger partial charge in [0.2, 0.25) is 0 Å². The van der Waals surface area contributed by atoms with E-state index in [1.807, 2.05) is 12.3 Å². The molecule has 1 aromatic rings. The molecule has 3 rings (SSSR count). The van der Waals surface area contributed by atoms with Crippen molar-refractivity contribution in [3.63, 3.8) is 0 Å². The third-order valence-corrected chi connectivity index (χ3v) is 5.36. The Morgan fingerprint density at radius 2 is 1.56 bits per heavy atom. The summed E-state index contributed by atoms with van der Waals surface area (Å²) < 4.78 is 5.47. The molecule has 0 aromatic carbocycles. The third kappa shape index (κ3) is 5.74. The van der Waals surface area contributed by atoms with Crippen molar-refractivity contribution in [2.75, 3.05) is 65.6 Å². The number of pyridine rings is 1. The van der Waals surface area contributed by atoms with Crippen LogP contribution >= 0.6 is 0 Å². The lowest BCUT2D eigenvalue weighted by Gasteiger charge is -2.41. The Kier molecular flexibility index (Phi) is 6.44. The highest BCUT2D eigenvalue weighted by molar-refractivity contribution is 5.17. The van der Waals surface area contributed by atoms with E-state index in [1.54, 1.807) is 0 Å². The Morgan fingerprint density at radius 1 is 0.960 bits per heavy atom. The monoisotopic (exact) mass is 346 g/mol. The van der Waals surface area contributed by atoms with Gasteiger partial charge in [-0.05, 0) is 24.0 Å². The Bertz CT molecular complexity index is 534. The van der Waals surface area contributed by atoms with Gasteiger partial charge in [0, 0.05) is 65.1 Å². The zero-order chi connectivity index (χ0) is 17.7. The summed E-state index contributed by atoms with van der Waals surface area (Å²) in [7, 11) is 0. The van der Waals surface area contributed by atoms with E-state index in [2.05, 4.69) is 46.5 Å². The minimum Gasteiger partial charge on any atom is -0.379 e. The van der Waals surface area contributed by atoms with Gasteiger partial charge in [-0.3, -0.25) is 14.8 Å². The maximum absolute atomic E-state index is 5.47. The minimum atomic E-state index is 0.330. The van der Waals surface area contributed by atoms with Gasteiger partial charge in [-0.1, -0.05) is 19.9 Å². The van der Waals surface area contributed by atoms with E-state index in [-0.39, 0.29) is 0 Å². The molecule has 0 aliphatic carbocycles. The normalized spacial score (nSPS) is 21.6. The highest BCUT2D eigenvalue weighted by Crippen LogP contribution is 2.21. The van der Waals surface area contributed by atoms with Crippen LogP contribution in [0.5, 0.6) is 0 Å². The third-order valence-electron chi connectivity index (χ3n) is 5.36. The quantitative estimate of drug-likeness (QED) is 0.785. The van der Waals surface area contributed by atoms with Gasteiger partial charge in [-0.2, -0.15) is 0 Å². The number of ether oxygens (including phenoxy) is 1. The molecule has 0 bridgehead atoms. The molecular formula is C20H34N4O. The van der Waals surface area contributed by atoms with Crippen molar-refractivity contribution in [3.8, 4) is 0 Å². The first-order valence-corrected chi connectivity index (χ1v) is 9.67. The predicted octanol–water partition coefficient (Wildman–Crippen LogP) is 1.87. The predicted molar refractivity (Wildman–Crippen MR) is 102 cm³/mol. The second-order valence-electron chi connectivity index (χ2n) is 8.37. The summed E-state index contributed by atoms with van der Waals surface area (Å²) in [6.07, 6.45) is 1.91. The van der Waals surface area contributed by atoms with Crippen LogP contribution in [0.15, 0.2) is 18.3 Å². The van der Waals surface area contributed by atoms with Crippen molar-refractivity contribution >= 4 is 0 Å². The zero-order valence-electron chi connectivity index (χ0n) is 16.2. The van der Waals surface area contributed by atoms with Crippen LogP contribution in [-0.2, 0) is 11.3 Å². The Hall–Kier alpha value is -1.01. The van der Waals surface area contributed by atoms with E-state index in [4.69, 9.17) is 4.74 Å². The SMILES string of the molecule is Cc1cccnc1CN1CCN(CC(C)(C)CN2CCOCC2)CC1. The van der Waals surface area contributed by atoms with Gasteiger partial charge in [0.1, 0.15) is 0 Å². The fraction of sp³-hybridized carbons (Fsp3) is 0.750. The van der Waals surface area contributed by atoms with E-state index in [0.717, 1.165) is 45.9 Å². The molecule has 0 saturated carbocycles. The van der Waals surface area contributed by atoms with Crippen molar-refractivity contribution < 1.29 is 4.74 Å². The largest absolute Gasteiger partial charge is 0.379 e. The average molecular weight is 347 g/mol. The molecule has 1 aromatic heterocycles. The van der Waals surface area contributed by atoms with E-state index in [0.29, 0.717) is 5.41 Å². The van der Waals surface area contributed by atoms with Crippen molar-refractivity contribution in [1.29, 1.82) is 0 Å². The van der Waals surface area contributed by atoms with Gasteiger partial charge in [0.05, 0.1) is 18.9 Å². The highest BCUT2D eigenvalue weighted by atomic mass is 16.5. The zero-order valence-corrected chi connectivity index (χ0v) is 16.2. The second-order valence-corrected chi connectivity index (χ2v) is 8.37. The molecule has 5 heteroatoms. The molecule has 140 valence electrons. The van der Waals surface area contributed by atoms with E-state index < -0.39 is 0 Å². The van der Waals surface area contributed by atoms with Crippen LogP contribution < -0.4 is 0 Å². The molecule has 0 N–H and O–H groups in total. The molecule has 25 heavy (non-hydrogen) atoms. The summed E-state index contributed by atoms with van der Waals surface area (Å²) in [6, 6.07) is 4.18. The minimum absolute atomic E-state index is 0.330. The van der Waals surface area contributed by atoms with Crippen LogP contribution in [-0.4, -0.2) is 85.3 Å². The fourth-order valence-corrected chi connectivity index (χ4v) is 4.02. The van der Waals surface area contributed by atoms with Gasteiger partial charge >= 0.3 is 0 Å². The van der Waals surface area contributed by atoms with Gasteiger partial charge in [0.15, 0.2) is 0 Å². The van der Waals surface area contributed by atoms with Crippen LogP contribution in [0.1, 0.15) is 25.1 Å². The maximum Gasteiger partial charge on any atom is 0.0594 e. The first-order chi connectivity index (χ1) is 12.0. The smallest absolute Gasteiger partial charge is 0.0594 e. The van der Waals surface area contributed by atoms with Crippen LogP contribution in [0.3, 0.4) is 0 Å². The summed E-state index contributed by atoms with van der Waals surface area (Å²) in [5.41, 5.74) is 2.86. The Labute approximate surface area is 153 Å². The van der Waals surface area contributed by atoms with Gasteiger partial charge in [-0.25, -0.2) is 0 Å². The molecule has 2 fully saturated rings. The molecule has 2 saturated heterocycles. The standard InChI is InChI=1S/C20H34N4O/c1-18-5-4-6-21-19(18)15-22-7-9-23(10-8-22)16-20(2,3)17-24-11-13-25-14-12-24/h4-6H,7-17H2,1-3H3. The molecule has 2 aliphatic rings. The number of hydrogen-bond acceptors (Lipinski definition) is 5. The number of piperazine rings is 1. The van der Waals surface area contributed by atoms with Gasteiger partial charge in [-0.15, -0.1) is 0 Å². The van der Waals surface area contributed by atoms with Crippen molar-refractivity contribution in [3.05, 3.63) is 29.6 Å². The average Bonchev–Trinajstić information content (AvgIpc) is 2.59. The van der Waals surface area contributed by atoms with Crippen molar-refractivity contribution in [1.82, 2.24) is 19.7 Å². The molecule has 0 unspecified atom stereocenters. The molecule has 0 amide bonds. The summed E-state index contributed by atoms with van der Waals surface area (Å²) >= 11 is 0. The van der Waals surface area contributed by atoms with Crippen molar-refractivity contribution in [2.24, 2.45) is 5.41 Å². The summed E-state index contributed by atoms with van der Waals surface area (Å²) in [5.74, 6) is 0. The number of aromatic nitrogens is 1. The number of aryl methyl sites for hydroxylation is 1. The summed E-state index contributed by atoms with van der Waals surface area (Å²) in [6.45, 7) is 18.9. The maximum atomic E-state index is 5.47. The van der Waals surface area contributed by atoms with Gasteiger partial charge in [0.25, 0.3) is 0 Å². The molecule has 0 radical (unpaired) electrons. The summed E-state index contributed by atoms with van der Waals surface area (Å²) in [4.78, 5) is 12.3. The lowest BCUT2D eigenvalue weighted by molar-refractivity contribution is 0.0107. The lowest BCUT2D eigenvalue weighted by atomic mass is 9.91. The van der Waals surface area contributed by atoms with Crippen LogP contribution in [0.25, 0.3) is 0 Å². The van der Waals surface area contributed by atoms with Crippen LogP contribution in [0.2, 0.25) is 0 Å². The topological polar surface area (TPSA) is 31.8 Å². The lowest BCUT2D eigenvalue weighted by Crippen LogP contribution is -2.51. The van der Waals surface area contributed by atoms with E-state index in [9.17, 15) is 0 Å². The van der Waals surface area contributed by atoms with Crippen LogP contribution in [0, 0.1) is 12.3 Å². The first-order valence-electron chi connectivity index (χ1n) is 9.67. The highest BCUT2D eigenvalue weighted by Gasteiger charge is 2.27. The summed E-state index contributed by atoms with van der Waals surface area (Å²) in [5, 5.41) is 0. The number of nitrogens with zero attached hydrogens (tertiary/aromatic N) is 4. The van der Waals surface area contributed by atoms with Gasteiger partial charge < -0.3 is 9.64 Å². The second kappa shape index (κ2) is 8.58. The molecule has 3 heterocycles. The molecule has 0 spiro atoms. The molecule has 2 aliphatic heterocycles. The fourth-order valence-electron chi connectivity index (χ4n) is 4.02. The Balaban J connectivity index is 1.43. The first kappa shape index (κ1) is 18.8. The van der Waals surface area contributed by atoms with E-state index in [1.165, 1.54) is 37.4 Å². The van der Waals surface area contributed by atoms with E-state index >= 15 is 0 Å². The Morgan fingerprint density at radius 3 is 2.20 bits per heavy atom. The molecule has 0 atom stereocenters. The molecule has 5 nitrogen and oxygen atoms in total. The number of rotatable bonds is 6. The van der Waals surface area contributed by atoms with Crippen LogP contribution in [0.4, 0.5) is 0 Å².